The lowest BCUT2D eigenvalue weighted by molar-refractivity contribution is 0.347. The van der Waals surface area contributed by atoms with Crippen LogP contribution in [0.2, 0.25) is 0 Å². The zero-order chi connectivity index (χ0) is 43.0. The van der Waals surface area contributed by atoms with Gasteiger partial charge in [0.15, 0.2) is 0 Å². The van der Waals surface area contributed by atoms with Crippen LogP contribution >= 0.6 is 11.8 Å². The molecule has 7 aromatic carbocycles. The number of hydrogen-bond donors (Lipinski definition) is 0. The van der Waals surface area contributed by atoms with Crippen LogP contribution in [-0.2, 0) is 5.41 Å². The number of thioether (sulfide) groups is 1. The number of guanidine groups is 1. The van der Waals surface area contributed by atoms with Crippen molar-refractivity contribution in [3.8, 4) is 5.69 Å². The van der Waals surface area contributed by atoms with Crippen LogP contribution in [0, 0.1) is 0 Å². The molecule has 3 heterocycles. The Hall–Kier alpha value is -7.47. The molecule has 64 heavy (non-hydrogen) atoms. The molecule has 5 heteroatoms. The van der Waals surface area contributed by atoms with E-state index in [4.69, 9.17) is 16.6 Å². The van der Waals surface area contributed by atoms with E-state index in [0.717, 1.165) is 51.4 Å². The first-order valence-electron chi connectivity index (χ1n) is 21.9. The van der Waals surface area contributed by atoms with Crippen LogP contribution in [-0.4, -0.2) is 40.0 Å². The average Bonchev–Trinajstić information content (AvgIpc) is 3.97. The number of allylic oxidation sites excluding steroid dienone is 5. The van der Waals surface area contributed by atoms with E-state index in [9.17, 15) is 0 Å². The van der Waals surface area contributed by atoms with Crippen molar-refractivity contribution in [2.75, 3.05) is 18.8 Å². The Kier molecular flexibility index (Phi) is 10.3. The molecule has 0 amide bonds. The van der Waals surface area contributed by atoms with Gasteiger partial charge in [-0.1, -0.05) is 189 Å². The molecular formula is C59H46N4S. The first-order chi connectivity index (χ1) is 31.6. The number of rotatable bonds is 5. The van der Waals surface area contributed by atoms with E-state index >= 15 is 0 Å². The number of fused-ring (bicyclic) bond motifs is 7. The minimum absolute atomic E-state index is 0.501. The zero-order valence-corrected chi connectivity index (χ0v) is 36.4. The van der Waals surface area contributed by atoms with E-state index in [-0.39, 0.29) is 0 Å². The fourth-order valence-electron chi connectivity index (χ4n) is 9.84. The molecule has 1 spiro atoms. The normalized spacial score (nSPS) is 19.6. The largest absolute Gasteiger partial charge is 0.336 e. The molecule has 8 aromatic rings. The van der Waals surface area contributed by atoms with Gasteiger partial charge in [-0.25, -0.2) is 9.98 Å². The summed E-state index contributed by atoms with van der Waals surface area (Å²) in [6, 6.07) is 60.4. The maximum absolute atomic E-state index is 5.54. The number of para-hydroxylation sites is 1. The predicted octanol–water partition coefficient (Wildman–Crippen LogP) is 14.4. The quantitative estimate of drug-likeness (QED) is 0.128. The highest BCUT2D eigenvalue weighted by molar-refractivity contribution is 8.03. The molecule has 4 nitrogen and oxygen atoms in total. The Morgan fingerprint density at radius 3 is 2.25 bits per heavy atom. The first-order valence-corrected chi connectivity index (χ1v) is 23.0. The summed E-state index contributed by atoms with van der Waals surface area (Å²) in [4.78, 5) is 13.3. The van der Waals surface area contributed by atoms with Gasteiger partial charge in [-0.15, -0.1) is 11.8 Å². The van der Waals surface area contributed by atoms with Crippen LogP contribution in [0.15, 0.2) is 228 Å². The number of nitrogens with zero attached hydrogens (tertiary/aromatic N) is 4. The van der Waals surface area contributed by atoms with E-state index in [1.54, 1.807) is 11.8 Å². The molecule has 11 rings (SSSR count). The highest BCUT2D eigenvalue weighted by atomic mass is 32.2. The Labute approximate surface area is 379 Å². The molecule has 3 aliphatic rings. The molecule has 2 aliphatic heterocycles. The summed E-state index contributed by atoms with van der Waals surface area (Å²) >= 11 is 1.78. The highest BCUT2D eigenvalue weighted by Crippen LogP contribution is 2.46. The third-order valence-electron chi connectivity index (χ3n) is 13.0. The number of aromatic nitrogens is 1. The fourth-order valence-corrected chi connectivity index (χ4v) is 10.7. The van der Waals surface area contributed by atoms with E-state index in [1.807, 2.05) is 18.2 Å². The molecule has 1 aliphatic carbocycles. The maximum atomic E-state index is 5.54. The average molecular weight is 843 g/mol. The Balaban J connectivity index is 1.12. The van der Waals surface area contributed by atoms with Crippen LogP contribution in [0.25, 0.3) is 61.2 Å². The fraction of sp³-hybridized carbons (Fsp3) is 0.0847. The first kappa shape index (κ1) is 39.4. The van der Waals surface area contributed by atoms with E-state index < -0.39 is 5.41 Å². The van der Waals surface area contributed by atoms with Crippen LogP contribution in [0.3, 0.4) is 0 Å². The molecule has 1 aromatic heterocycles. The van der Waals surface area contributed by atoms with Crippen molar-refractivity contribution >= 4 is 78.9 Å². The smallest absolute Gasteiger partial charge is 0.226 e. The van der Waals surface area contributed by atoms with Gasteiger partial charge in [0.1, 0.15) is 0 Å². The van der Waals surface area contributed by atoms with Crippen LogP contribution in [0.5, 0.6) is 0 Å². The van der Waals surface area contributed by atoms with Crippen LogP contribution in [0.1, 0.15) is 34.2 Å². The molecule has 0 N–H and O–H groups in total. The zero-order valence-electron chi connectivity index (χ0n) is 35.6. The second-order valence-corrected chi connectivity index (χ2v) is 17.6. The summed E-state index contributed by atoms with van der Waals surface area (Å²) in [5.74, 6) is 1.40. The molecule has 308 valence electrons. The summed E-state index contributed by atoms with van der Waals surface area (Å²) in [5, 5.41) is 7.16. The Bertz CT molecular complexity index is 3330. The Morgan fingerprint density at radius 2 is 1.41 bits per heavy atom. The third kappa shape index (κ3) is 6.99. The van der Waals surface area contributed by atoms with Crippen molar-refractivity contribution in [3.05, 3.63) is 246 Å². The SMILES string of the molecule is C=C(N=C(/N=C1\CSC=C1c1ccccc1)N1C/C=C\C(c2cccc3c2c2c4ccccc4ccc2n3-c2ccccc2)=C/C(=C)C2(CC=Cc3ccccc32)C1)c1ccccc1. The van der Waals surface area contributed by atoms with Gasteiger partial charge in [-0.05, 0) is 85.8 Å². The second-order valence-electron chi connectivity index (χ2n) is 16.7. The molecule has 0 fully saturated rings. The summed E-state index contributed by atoms with van der Waals surface area (Å²) in [7, 11) is 0. The van der Waals surface area contributed by atoms with Crippen LogP contribution in [0.4, 0.5) is 0 Å². The van der Waals surface area contributed by atoms with Gasteiger partial charge in [0.05, 0.1) is 22.4 Å². The lowest BCUT2D eigenvalue weighted by Gasteiger charge is -2.42. The van der Waals surface area contributed by atoms with Gasteiger partial charge in [0.2, 0.25) is 5.96 Å². The minimum Gasteiger partial charge on any atom is -0.336 e. The standard InChI is InChI=1S/C59H46N4S/c1-41-37-47(50-30-16-32-54-57(50)56-49-29-14-12-23-45(49)33-34-55(56)63(54)48-27-10-5-11-28-48)26-18-36-62(40-59(41)35-17-25-46-24-13-15-31-52(46)59)58(60-42(2)43-19-6-3-7-20-43)61-53-39-64-38-51(53)44-21-8-4-9-22-44/h3-34,37-38H,1-2,35-36,39-40H2/b26-18-,47-37+,60-58?,61-53+. The Morgan fingerprint density at radius 1 is 0.672 bits per heavy atom. The van der Waals surface area contributed by atoms with Crippen molar-refractivity contribution in [1.29, 1.82) is 0 Å². The number of hydrogen-bond acceptors (Lipinski definition) is 2. The lowest BCUT2D eigenvalue weighted by Crippen LogP contribution is -2.45. The minimum atomic E-state index is -0.501. The molecule has 0 bridgehead atoms. The van der Waals surface area contributed by atoms with E-state index in [1.165, 1.54) is 49.3 Å². The molecule has 1 unspecified atom stereocenters. The molecule has 1 atom stereocenters. The van der Waals surface area contributed by atoms with E-state index in [2.05, 4.69) is 203 Å². The van der Waals surface area contributed by atoms with Crippen LogP contribution < -0.4 is 0 Å². The number of benzene rings is 7. The molecule has 0 radical (unpaired) electrons. The van der Waals surface area contributed by atoms with Gasteiger partial charge in [0.25, 0.3) is 0 Å². The topological polar surface area (TPSA) is 32.9 Å². The lowest BCUT2D eigenvalue weighted by atomic mass is 9.67. The van der Waals surface area contributed by atoms with E-state index in [0.29, 0.717) is 24.7 Å². The maximum Gasteiger partial charge on any atom is 0.226 e. The predicted molar refractivity (Wildman–Crippen MR) is 275 cm³/mol. The molecular weight excluding hydrogens is 797 g/mol. The van der Waals surface area contributed by atoms with Crippen molar-refractivity contribution in [2.45, 2.75) is 11.8 Å². The number of aliphatic imine (C=N–C) groups is 2. The van der Waals surface area contributed by atoms with Crippen molar-refractivity contribution in [3.63, 3.8) is 0 Å². The van der Waals surface area contributed by atoms with Gasteiger partial charge in [0, 0.05) is 46.3 Å². The summed E-state index contributed by atoms with van der Waals surface area (Å²) in [6.45, 7) is 10.7. The van der Waals surface area contributed by atoms with Gasteiger partial charge >= 0.3 is 0 Å². The van der Waals surface area contributed by atoms with Gasteiger partial charge in [-0.2, -0.15) is 0 Å². The third-order valence-corrected chi connectivity index (χ3v) is 13.8. The van der Waals surface area contributed by atoms with Crippen molar-refractivity contribution in [2.24, 2.45) is 9.98 Å². The monoisotopic (exact) mass is 842 g/mol. The van der Waals surface area contributed by atoms with Crippen molar-refractivity contribution < 1.29 is 0 Å². The van der Waals surface area contributed by atoms with Gasteiger partial charge in [-0.3, -0.25) is 0 Å². The summed E-state index contributed by atoms with van der Waals surface area (Å²) in [6.07, 6.45) is 12.3. The molecule has 0 saturated heterocycles. The highest BCUT2D eigenvalue weighted by Gasteiger charge is 2.40. The molecule has 0 saturated carbocycles. The summed E-state index contributed by atoms with van der Waals surface area (Å²) < 4.78 is 2.42. The van der Waals surface area contributed by atoms with Gasteiger partial charge < -0.3 is 9.47 Å². The van der Waals surface area contributed by atoms with Crippen molar-refractivity contribution in [1.82, 2.24) is 9.47 Å². The second kappa shape index (κ2) is 16.7. The summed E-state index contributed by atoms with van der Waals surface area (Å²) in [5.41, 5.74) is 13.7.